The van der Waals surface area contributed by atoms with Gasteiger partial charge in [0.05, 0.1) is 0 Å². The van der Waals surface area contributed by atoms with E-state index in [4.69, 9.17) is 0 Å². The van der Waals surface area contributed by atoms with Crippen molar-refractivity contribution in [2.45, 2.75) is 25.7 Å². The Morgan fingerprint density at radius 1 is 1.22 bits per heavy atom. The van der Waals surface area contributed by atoms with Crippen molar-refractivity contribution in [2.24, 2.45) is 5.92 Å². The normalized spacial score (nSPS) is 20.3. The van der Waals surface area contributed by atoms with Gasteiger partial charge in [-0.2, -0.15) is 0 Å². The summed E-state index contributed by atoms with van der Waals surface area (Å²) in [6, 6.07) is 3.67. The summed E-state index contributed by atoms with van der Waals surface area (Å²) in [5, 5.41) is 14.6. The zero-order valence-corrected chi connectivity index (χ0v) is 14.8. The number of nitrogens with zero attached hydrogens (tertiary/aromatic N) is 3. The third-order valence-corrected chi connectivity index (χ3v) is 4.26. The number of hydrogen-bond donors (Lipinski definition) is 2. The number of nitrogens with one attached hydrogen (secondary N) is 2. The van der Waals surface area contributed by atoms with Crippen LogP contribution >= 0.6 is 24.8 Å². The first-order chi connectivity index (χ1) is 10.3. The van der Waals surface area contributed by atoms with E-state index in [0.717, 1.165) is 32.0 Å². The molecule has 0 radical (unpaired) electrons. The molecular formula is C15H25Cl2N5O. The quantitative estimate of drug-likeness (QED) is 0.853. The number of piperidine rings is 1. The molecule has 0 aromatic carbocycles. The van der Waals surface area contributed by atoms with E-state index < -0.39 is 0 Å². The molecule has 1 amide bonds. The Labute approximate surface area is 149 Å². The molecule has 0 saturated carbocycles. The Balaban J connectivity index is 0.00000132. The standard InChI is InChI=1S/C15H23N5O.2ClH/c21-15(17-11-12-4-3-7-16-10-12)13-5-6-14(19-18-13)20-8-1-2-9-20;;/h5-6,12,16H,1-4,7-11H2,(H,17,21);2*1H. The van der Waals surface area contributed by atoms with E-state index in [2.05, 4.69) is 25.7 Å². The van der Waals surface area contributed by atoms with Crippen LogP contribution < -0.4 is 15.5 Å². The Kier molecular flexibility index (Phi) is 8.58. The van der Waals surface area contributed by atoms with Crippen molar-refractivity contribution in [1.82, 2.24) is 20.8 Å². The maximum atomic E-state index is 12.1. The van der Waals surface area contributed by atoms with Gasteiger partial charge >= 0.3 is 0 Å². The summed E-state index contributed by atoms with van der Waals surface area (Å²) in [4.78, 5) is 14.3. The van der Waals surface area contributed by atoms with Gasteiger partial charge in [0.1, 0.15) is 0 Å². The van der Waals surface area contributed by atoms with Gasteiger partial charge in [0, 0.05) is 19.6 Å². The van der Waals surface area contributed by atoms with Crippen molar-refractivity contribution >= 4 is 36.5 Å². The van der Waals surface area contributed by atoms with E-state index in [0.29, 0.717) is 18.2 Å². The highest BCUT2D eigenvalue weighted by molar-refractivity contribution is 5.92. The van der Waals surface area contributed by atoms with Gasteiger partial charge in [-0.05, 0) is 56.8 Å². The van der Waals surface area contributed by atoms with Crippen LogP contribution in [0.25, 0.3) is 0 Å². The first kappa shape index (κ1) is 19.9. The second-order valence-corrected chi connectivity index (χ2v) is 5.89. The molecule has 3 rings (SSSR count). The zero-order valence-electron chi connectivity index (χ0n) is 13.2. The maximum Gasteiger partial charge on any atom is 0.271 e. The zero-order chi connectivity index (χ0) is 14.5. The molecule has 0 bridgehead atoms. The van der Waals surface area contributed by atoms with Crippen LogP contribution in [0.5, 0.6) is 0 Å². The lowest BCUT2D eigenvalue weighted by Gasteiger charge is -2.22. The predicted molar refractivity (Wildman–Crippen MR) is 95.9 cm³/mol. The molecule has 0 aliphatic carbocycles. The molecule has 1 aromatic heterocycles. The fourth-order valence-electron chi connectivity index (χ4n) is 2.99. The van der Waals surface area contributed by atoms with Gasteiger partial charge in [0.2, 0.25) is 0 Å². The first-order valence-electron chi connectivity index (χ1n) is 7.90. The molecule has 0 spiro atoms. The van der Waals surface area contributed by atoms with E-state index in [1.165, 1.54) is 25.7 Å². The number of anilines is 1. The van der Waals surface area contributed by atoms with E-state index in [1.54, 1.807) is 6.07 Å². The van der Waals surface area contributed by atoms with Crippen LogP contribution in [0.3, 0.4) is 0 Å². The van der Waals surface area contributed by atoms with Crippen molar-refractivity contribution < 1.29 is 4.79 Å². The molecule has 1 unspecified atom stereocenters. The largest absolute Gasteiger partial charge is 0.355 e. The molecule has 23 heavy (non-hydrogen) atoms. The Morgan fingerprint density at radius 2 is 2.00 bits per heavy atom. The molecule has 6 nitrogen and oxygen atoms in total. The molecule has 2 N–H and O–H groups in total. The third-order valence-electron chi connectivity index (χ3n) is 4.26. The minimum atomic E-state index is -0.124. The van der Waals surface area contributed by atoms with Crippen molar-refractivity contribution in [1.29, 1.82) is 0 Å². The number of rotatable bonds is 4. The average Bonchev–Trinajstić information content (AvgIpc) is 3.08. The van der Waals surface area contributed by atoms with E-state index in [-0.39, 0.29) is 30.7 Å². The Bertz CT molecular complexity index is 473. The summed E-state index contributed by atoms with van der Waals surface area (Å²) in [6.07, 6.45) is 4.77. The van der Waals surface area contributed by atoms with Gasteiger partial charge in [0.15, 0.2) is 11.5 Å². The van der Waals surface area contributed by atoms with Gasteiger partial charge < -0.3 is 15.5 Å². The van der Waals surface area contributed by atoms with Gasteiger partial charge in [-0.1, -0.05) is 0 Å². The lowest BCUT2D eigenvalue weighted by Crippen LogP contribution is -2.38. The predicted octanol–water partition coefficient (Wildman–Crippen LogP) is 1.65. The van der Waals surface area contributed by atoms with Gasteiger partial charge in [-0.25, -0.2) is 0 Å². The van der Waals surface area contributed by atoms with Crippen molar-refractivity contribution in [2.75, 3.05) is 37.6 Å². The fraction of sp³-hybridized carbons (Fsp3) is 0.667. The van der Waals surface area contributed by atoms with Gasteiger partial charge in [-0.15, -0.1) is 35.0 Å². The lowest BCUT2D eigenvalue weighted by atomic mass is 10.00. The molecule has 2 saturated heterocycles. The van der Waals surface area contributed by atoms with Crippen LogP contribution in [-0.4, -0.2) is 48.8 Å². The molecule has 130 valence electrons. The number of carbonyl (C=O) groups excluding carboxylic acids is 1. The van der Waals surface area contributed by atoms with Crippen LogP contribution in [0.4, 0.5) is 5.82 Å². The van der Waals surface area contributed by atoms with Crippen molar-refractivity contribution in [3.05, 3.63) is 17.8 Å². The van der Waals surface area contributed by atoms with E-state index in [9.17, 15) is 4.79 Å². The summed E-state index contributed by atoms with van der Waals surface area (Å²) in [5.41, 5.74) is 0.404. The summed E-state index contributed by atoms with van der Waals surface area (Å²) in [5.74, 6) is 1.28. The topological polar surface area (TPSA) is 70.2 Å². The highest BCUT2D eigenvalue weighted by Crippen LogP contribution is 2.16. The molecule has 8 heteroatoms. The molecule has 2 aliphatic heterocycles. The number of hydrogen-bond acceptors (Lipinski definition) is 5. The lowest BCUT2D eigenvalue weighted by molar-refractivity contribution is 0.0939. The molecular weight excluding hydrogens is 337 g/mol. The SMILES string of the molecule is Cl.Cl.O=C(NCC1CCCNC1)c1ccc(N2CCCC2)nn1. The molecule has 2 aliphatic rings. The summed E-state index contributed by atoms with van der Waals surface area (Å²) in [7, 11) is 0. The minimum absolute atomic E-state index is 0. The molecule has 3 heterocycles. The molecule has 1 atom stereocenters. The number of carbonyl (C=O) groups is 1. The smallest absolute Gasteiger partial charge is 0.271 e. The van der Waals surface area contributed by atoms with Gasteiger partial charge in [-0.3, -0.25) is 4.79 Å². The maximum absolute atomic E-state index is 12.1. The average molecular weight is 362 g/mol. The van der Waals surface area contributed by atoms with Crippen molar-refractivity contribution in [3.8, 4) is 0 Å². The van der Waals surface area contributed by atoms with Crippen LogP contribution in [-0.2, 0) is 0 Å². The van der Waals surface area contributed by atoms with Crippen LogP contribution in [0.15, 0.2) is 12.1 Å². The number of aromatic nitrogens is 2. The molecule has 2 fully saturated rings. The minimum Gasteiger partial charge on any atom is -0.355 e. The highest BCUT2D eigenvalue weighted by atomic mass is 35.5. The Hall–Kier alpha value is -1.11. The van der Waals surface area contributed by atoms with Crippen LogP contribution in [0.2, 0.25) is 0 Å². The highest BCUT2D eigenvalue weighted by Gasteiger charge is 2.17. The van der Waals surface area contributed by atoms with Crippen LogP contribution in [0.1, 0.15) is 36.2 Å². The summed E-state index contributed by atoms with van der Waals surface area (Å²) < 4.78 is 0. The van der Waals surface area contributed by atoms with Crippen LogP contribution in [0, 0.1) is 5.92 Å². The number of amides is 1. The molecule has 1 aromatic rings. The van der Waals surface area contributed by atoms with Crippen molar-refractivity contribution in [3.63, 3.8) is 0 Å². The summed E-state index contributed by atoms with van der Waals surface area (Å²) in [6.45, 7) is 4.86. The van der Waals surface area contributed by atoms with E-state index >= 15 is 0 Å². The fourth-order valence-corrected chi connectivity index (χ4v) is 2.99. The first-order valence-corrected chi connectivity index (χ1v) is 7.90. The third kappa shape index (κ3) is 5.48. The van der Waals surface area contributed by atoms with E-state index in [1.807, 2.05) is 6.07 Å². The van der Waals surface area contributed by atoms with Gasteiger partial charge in [0.25, 0.3) is 5.91 Å². The second-order valence-electron chi connectivity index (χ2n) is 5.89. The Morgan fingerprint density at radius 3 is 2.61 bits per heavy atom. The monoisotopic (exact) mass is 361 g/mol. The summed E-state index contributed by atoms with van der Waals surface area (Å²) >= 11 is 0. The second kappa shape index (κ2) is 9.90. The number of halogens is 2.